The predicted molar refractivity (Wildman–Crippen MR) is 140 cm³/mol. The summed E-state index contributed by atoms with van der Waals surface area (Å²) in [4.78, 5) is 21.4. The van der Waals surface area contributed by atoms with Crippen LogP contribution in [0.4, 0.5) is 0 Å². The Morgan fingerprint density at radius 1 is 1.14 bits per heavy atom. The summed E-state index contributed by atoms with van der Waals surface area (Å²) in [5, 5.41) is 1.03. The highest BCUT2D eigenvalue weighted by Gasteiger charge is 2.56. The van der Waals surface area contributed by atoms with Gasteiger partial charge >= 0.3 is 5.97 Å². The molecule has 4 saturated carbocycles. The standard InChI is InChI=1S/C31H38N2O3/c1-3-22-18-33-9-7-23(22)13-28(33)29(25-6-8-32-27-5-4-24(35-2)14-26(25)27)36-30(34)31-15-19-10-20(16-31)12-21(11-19)17-31/h3-6,8,14,19-23,28-29H,1,7,9-13,15-18H2,2H3/t19?,20?,21?,22-,23+,28+,29+,31?/m1/s1. The zero-order valence-corrected chi connectivity index (χ0v) is 21.4. The number of esters is 1. The number of pyridine rings is 1. The van der Waals surface area contributed by atoms with Crippen LogP contribution in [0.3, 0.4) is 0 Å². The van der Waals surface area contributed by atoms with Crippen molar-refractivity contribution in [3.8, 4) is 5.75 Å². The molecule has 5 nitrogen and oxygen atoms in total. The molecule has 6 bridgehead atoms. The average Bonchev–Trinajstić information content (AvgIpc) is 2.90. The van der Waals surface area contributed by atoms with E-state index in [1.54, 1.807) is 7.11 Å². The fourth-order valence-electron chi connectivity index (χ4n) is 9.16. The first-order valence-corrected chi connectivity index (χ1v) is 14.1. The molecule has 2 aromatic rings. The van der Waals surface area contributed by atoms with Crippen LogP contribution < -0.4 is 4.74 Å². The van der Waals surface area contributed by atoms with Gasteiger partial charge in [0, 0.05) is 23.7 Å². The van der Waals surface area contributed by atoms with Gasteiger partial charge in [0.05, 0.1) is 24.1 Å². The summed E-state index contributed by atoms with van der Waals surface area (Å²) in [7, 11) is 1.70. The van der Waals surface area contributed by atoms with E-state index in [1.807, 2.05) is 18.3 Å². The molecule has 190 valence electrons. The number of hydrogen-bond donors (Lipinski definition) is 0. The van der Waals surface area contributed by atoms with Gasteiger partial charge in [-0.2, -0.15) is 0 Å². The van der Waals surface area contributed by atoms with Crippen molar-refractivity contribution in [2.75, 3.05) is 20.2 Å². The summed E-state index contributed by atoms with van der Waals surface area (Å²) in [5.74, 6) is 4.18. The highest BCUT2D eigenvalue weighted by Crippen LogP contribution is 2.61. The van der Waals surface area contributed by atoms with Crippen LogP contribution in [0.2, 0.25) is 0 Å². The molecule has 9 rings (SSSR count). The van der Waals surface area contributed by atoms with Crippen LogP contribution >= 0.6 is 0 Å². The van der Waals surface area contributed by atoms with Gasteiger partial charge in [0.1, 0.15) is 11.9 Å². The Labute approximate surface area is 214 Å². The molecular formula is C31H38N2O3. The quantitative estimate of drug-likeness (QED) is 0.374. The fraction of sp³-hybridized carbons (Fsp3) is 0.613. The minimum Gasteiger partial charge on any atom is -0.497 e. The van der Waals surface area contributed by atoms with Crippen LogP contribution in [0.1, 0.15) is 63.0 Å². The van der Waals surface area contributed by atoms with Gasteiger partial charge in [-0.3, -0.25) is 14.7 Å². The van der Waals surface area contributed by atoms with Gasteiger partial charge in [0.15, 0.2) is 0 Å². The van der Waals surface area contributed by atoms with E-state index in [0.717, 1.165) is 78.7 Å². The Morgan fingerprint density at radius 2 is 1.89 bits per heavy atom. The molecule has 1 aromatic carbocycles. The summed E-state index contributed by atoms with van der Waals surface area (Å²) in [6.07, 6.45) is 13.0. The molecule has 0 amide bonds. The number of aromatic nitrogens is 1. The van der Waals surface area contributed by atoms with Crippen molar-refractivity contribution in [3.63, 3.8) is 0 Å². The van der Waals surface area contributed by atoms with Gasteiger partial charge < -0.3 is 9.47 Å². The van der Waals surface area contributed by atoms with E-state index in [2.05, 4.69) is 34.7 Å². The van der Waals surface area contributed by atoms with Crippen molar-refractivity contribution < 1.29 is 14.3 Å². The third kappa shape index (κ3) is 3.60. The van der Waals surface area contributed by atoms with Gasteiger partial charge in [-0.25, -0.2) is 0 Å². The van der Waals surface area contributed by atoms with Gasteiger partial charge in [0.2, 0.25) is 0 Å². The molecule has 0 radical (unpaired) electrons. The molecule has 5 atom stereocenters. The Bertz CT molecular complexity index is 1160. The van der Waals surface area contributed by atoms with Crippen LogP contribution in [0.15, 0.2) is 43.1 Å². The zero-order chi connectivity index (χ0) is 24.4. The second-order valence-corrected chi connectivity index (χ2v) is 12.6. The maximum atomic E-state index is 14.2. The van der Waals surface area contributed by atoms with Gasteiger partial charge in [-0.15, -0.1) is 6.58 Å². The van der Waals surface area contributed by atoms with Crippen LogP contribution in [-0.2, 0) is 9.53 Å². The number of nitrogens with zero attached hydrogens (tertiary/aromatic N) is 2. The van der Waals surface area contributed by atoms with Gasteiger partial charge in [-0.05, 0) is 112 Å². The Hall–Kier alpha value is -2.40. The second-order valence-electron chi connectivity index (χ2n) is 12.6. The molecule has 5 heteroatoms. The summed E-state index contributed by atoms with van der Waals surface area (Å²) < 4.78 is 12.4. The third-order valence-electron chi connectivity index (χ3n) is 10.5. The van der Waals surface area contributed by atoms with Crippen LogP contribution in [0.25, 0.3) is 10.9 Å². The van der Waals surface area contributed by atoms with E-state index in [-0.39, 0.29) is 23.5 Å². The Kier molecular flexibility index (Phi) is 5.43. The van der Waals surface area contributed by atoms with E-state index in [4.69, 9.17) is 9.47 Å². The number of ether oxygens (including phenoxy) is 2. The molecule has 4 aliphatic carbocycles. The van der Waals surface area contributed by atoms with Gasteiger partial charge in [0.25, 0.3) is 0 Å². The van der Waals surface area contributed by atoms with E-state index < -0.39 is 0 Å². The normalized spacial score (nSPS) is 39.2. The van der Waals surface area contributed by atoms with E-state index in [0.29, 0.717) is 11.8 Å². The molecule has 0 spiro atoms. The molecule has 7 fully saturated rings. The number of rotatable bonds is 6. The first kappa shape index (κ1) is 22.8. The zero-order valence-electron chi connectivity index (χ0n) is 21.4. The van der Waals surface area contributed by atoms with E-state index in [9.17, 15) is 4.79 Å². The molecule has 0 N–H and O–H groups in total. The summed E-state index contributed by atoms with van der Waals surface area (Å²) in [6, 6.07) is 8.29. The largest absolute Gasteiger partial charge is 0.497 e. The number of carbonyl (C=O) groups excluding carboxylic acids is 1. The Morgan fingerprint density at radius 3 is 2.53 bits per heavy atom. The lowest BCUT2D eigenvalue weighted by atomic mass is 9.49. The van der Waals surface area contributed by atoms with Crippen molar-refractivity contribution >= 4 is 16.9 Å². The number of methoxy groups -OCH3 is 1. The molecule has 3 aliphatic heterocycles. The third-order valence-corrected chi connectivity index (χ3v) is 10.5. The van der Waals surface area contributed by atoms with Crippen molar-refractivity contribution in [3.05, 3.63) is 48.7 Å². The summed E-state index contributed by atoms with van der Waals surface area (Å²) in [6.45, 7) is 6.19. The van der Waals surface area contributed by atoms with Crippen molar-refractivity contribution in [1.82, 2.24) is 9.88 Å². The number of benzene rings is 1. The minimum absolute atomic E-state index is 0.0716. The molecule has 1 aromatic heterocycles. The molecule has 4 heterocycles. The number of carbonyl (C=O) groups is 1. The molecule has 36 heavy (non-hydrogen) atoms. The predicted octanol–water partition coefficient (Wildman–Crippen LogP) is 5.94. The van der Waals surface area contributed by atoms with Crippen molar-refractivity contribution in [2.45, 2.75) is 63.5 Å². The Balaban J connectivity index is 1.27. The average molecular weight is 487 g/mol. The molecule has 7 aliphatic rings. The van der Waals surface area contributed by atoms with Crippen LogP contribution in [0.5, 0.6) is 5.75 Å². The lowest BCUT2D eigenvalue weighted by Gasteiger charge is -2.56. The smallest absolute Gasteiger partial charge is 0.312 e. The monoisotopic (exact) mass is 486 g/mol. The summed E-state index contributed by atoms with van der Waals surface area (Å²) >= 11 is 0. The highest BCUT2D eigenvalue weighted by atomic mass is 16.5. The van der Waals surface area contributed by atoms with E-state index >= 15 is 0 Å². The lowest BCUT2D eigenvalue weighted by Crippen LogP contribution is -2.56. The topological polar surface area (TPSA) is 51.7 Å². The van der Waals surface area contributed by atoms with Crippen molar-refractivity contribution in [1.29, 1.82) is 0 Å². The van der Waals surface area contributed by atoms with Crippen LogP contribution in [0, 0.1) is 35.0 Å². The number of hydrogen-bond acceptors (Lipinski definition) is 5. The highest BCUT2D eigenvalue weighted by molar-refractivity contribution is 5.85. The van der Waals surface area contributed by atoms with Crippen LogP contribution in [-0.4, -0.2) is 42.1 Å². The first-order chi connectivity index (χ1) is 17.5. The van der Waals surface area contributed by atoms with Gasteiger partial charge in [-0.1, -0.05) is 6.08 Å². The maximum absolute atomic E-state index is 14.2. The van der Waals surface area contributed by atoms with Crippen molar-refractivity contribution in [2.24, 2.45) is 35.0 Å². The first-order valence-electron chi connectivity index (χ1n) is 14.1. The van der Waals surface area contributed by atoms with E-state index in [1.165, 1.54) is 25.7 Å². The minimum atomic E-state index is -0.295. The lowest BCUT2D eigenvalue weighted by molar-refractivity contribution is -0.184. The fourth-order valence-corrected chi connectivity index (χ4v) is 9.16. The molecular weight excluding hydrogens is 448 g/mol. The summed E-state index contributed by atoms with van der Waals surface area (Å²) in [5.41, 5.74) is 1.73. The maximum Gasteiger partial charge on any atom is 0.312 e. The SMILES string of the molecule is C=C[C@@H]1CN2CC[C@H]1C[C@H]2[C@@H](OC(=O)C12CC3CC(CC(C3)C1)C2)c1ccnc2ccc(OC)cc12. The number of piperidine rings is 3. The molecule has 3 saturated heterocycles. The second kappa shape index (κ2) is 8.58. The molecule has 1 unspecified atom stereocenters. The number of fused-ring (bicyclic) bond motifs is 4.